The molecule has 0 aromatic rings. The summed E-state index contributed by atoms with van der Waals surface area (Å²) in [6.45, 7) is 0. The van der Waals surface area contributed by atoms with Gasteiger partial charge in [0.25, 0.3) is 0 Å². The molecule has 2 nitrogen and oxygen atoms in total. The van der Waals surface area contributed by atoms with Crippen molar-refractivity contribution >= 4 is 5.97 Å². The van der Waals surface area contributed by atoms with Crippen molar-refractivity contribution in [3.05, 3.63) is 11.6 Å². The van der Waals surface area contributed by atoms with Crippen molar-refractivity contribution in [2.45, 2.75) is 44.9 Å². The molecule has 2 saturated carbocycles. The smallest absolute Gasteiger partial charge is 0.328 e. The van der Waals surface area contributed by atoms with Gasteiger partial charge in [-0.15, -0.1) is 0 Å². The highest BCUT2D eigenvalue weighted by atomic mass is 16.4. The van der Waals surface area contributed by atoms with E-state index in [0.717, 1.165) is 6.42 Å². The molecule has 13 heavy (non-hydrogen) atoms. The topological polar surface area (TPSA) is 37.3 Å². The number of carbonyl (C=O) groups is 1. The van der Waals surface area contributed by atoms with Crippen molar-refractivity contribution in [2.24, 2.45) is 5.41 Å². The molecule has 0 amide bonds. The molecule has 1 N–H and O–H groups in total. The number of carboxylic acid groups (broad SMARTS) is 1. The van der Waals surface area contributed by atoms with Crippen LogP contribution in [0.2, 0.25) is 0 Å². The van der Waals surface area contributed by atoms with E-state index in [1.807, 2.05) is 0 Å². The van der Waals surface area contributed by atoms with Gasteiger partial charge in [-0.1, -0.05) is 24.8 Å². The molecule has 2 fully saturated rings. The first-order valence-corrected chi connectivity index (χ1v) is 5.17. The van der Waals surface area contributed by atoms with Crippen LogP contribution >= 0.6 is 0 Å². The molecule has 0 atom stereocenters. The number of aliphatic carboxylic acids is 1. The van der Waals surface area contributed by atoms with Gasteiger partial charge in [0, 0.05) is 6.08 Å². The minimum Gasteiger partial charge on any atom is -0.478 e. The molecule has 2 heteroatoms. The SMILES string of the molecule is O=C(O)/C=C1\CCC12CCCCC2. The molecule has 0 unspecified atom stereocenters. The molecular formula is C11H16O2. The Morgan fingerprint density at radius 2 is 1.92 bits per heavy atom. The predicted octanol–water partition coefficient (Wildman–Crippen LogP) is 2.74. The van der Waals surface area contributed by atoms with Gasteiger partial charge in [0.15, 0.2) is 0 Å². The summed E-state index contributed by atoms with van der Waals surface area (Å²) in [5.74, 6) is -0.764. The second kappa shape index (κ2) is 3.17. The summed E-state index contributed by atoms with van der Waals surface area (Å²) in [6.07, 6.45) is 10.1. The number of hydrogen-bond donors (Lipinski definition) is 1. The average molecular weight is 180 g/mol. The molecule has 0 aromatic carbocycles. The van der Waals surface area contributed by atoms with Crippen LogP contribution in [0.3, 0.4) is 0 Å². The third-order valence-electron chi connectivity index (χ3n) is 3.66. The van der Waals surface area contributed by atoms with Crippen LogP contribution in [-0.2, 0) is 4.79 Å². The van der Waals surface area contributed by atoms with Gasteiger partial charge < -0.3 is 5.11 Å². The Morgan fingerprint density at radius 3 is 2.38 bits per heavy atom. The van der Waals surface area contributed by atoms with E-state index >= 15 is 0 Å². The fourth-order valence-corrected chi connectivity index (χ4v) is 2.80. The number of hydrogen-bond acceptors (Lipinski definition) is 1. The molecule has 0 radical (unpaired) electrons. The normalized spacial score (nSPS) is 28.8. The van der Waals surface area contributed by atoms with Crippen molar-refractivity contribution in [1.29, 1.82) is 0 Å². The zero-order chi connectivity index (χ0) is 9.31. The number of allylic oxidation sites excluding steroid dienone is 1. The quantitative estimate of drug-likeness (QED) is 0.630. The van der Waals surface area contributed by atoms with Gasteiger partial charge in [-0.3, -0.25) is 0 Å². The van der Waals surface area contributed by atoms with Gasteiger partial charge in [0.2, 0.25) is 0 Å². The molecule has 0 bridgehead atoms. The van der Waals surface area contributed by atoms with Crippen molar-refractivity contribution in [2.75, 3.05) is 0 Å². The second-order valence-electron chi connectivity index (χ2n) is 4.35. The van der Waals surface area contributed by atoms with E-state index in [9.17, 15) is 4.79 Å². The van der Waals surface area contributed by atoms with Crippen molar-refractivity contribution < 1.29 is 9.90 Å². The maximum absolute atomic E-state index is 10.6. The maximum atomic E-state index is 10.6. The van der Waals surface area contributed by atoms with Crippen LogP contribution in [0.25, 0.3) is 0 Å². The zero-order valence-electron chi connectivity index (χ0n) is 7.88. The van der Waals surface area contributed by atoms with Crippen LogP contribution in [-0.4, -0.2) is 11.1 Å². The van der Waals surface area contributed by atoms with Crippen LogP contribution in [0, 0.1) is 5.41 Å². The monoisotopic (exact) mass is 180 g/mol. The third kappa shape index (κ3) is 1.50. The molecule has 2 aliphatic carbocycles. The Morgan fingerprint density at radius 1 is 1.23 bits per heavy atom. The predicted molar refractivity (Wildman–Crippen MR) is 50.5 cm³/mol. The van der Waals surface area contributed by atoms with Crippen molar-refractivity contribution in [1.82, 2.24) is 0 Å². The first-order valence-electron chi connectivity index (χ1n) is 5.17. The summed E-state index contributed by atoms with van der Waals surface area (Å²) in [6, 6.07) is 0. The van der Waals surface area contributed by atoms with E-state index in [0.29, 0.717) is 5.41 Å². The van der Waals surface area contributed by atoms with E-state index < -0.39 is 5.97 Å². The molecule has 2 aliphatic rings. The molecule has 0 aromatic heterocycles. The number of rotatable bonds is 1. The zero-order valence-corrected chi connectivity index (χ0v) is 7.88. The molecular weight excluding hydrogens is 164 g/mol. The Hall–Kier alpha value is -0.790. The van der Waals surface area contributed by atoms with Gasteiger partial charge >= 0.3 is 5.97 Å². The first kappa shape index (κ1) is 8.79. The molecule has 72 valence electrons. The maximum Gasteiger partial charge on any atom is 0.328 e. The summed E-state index contributed by atoms with van der Waals surface area (Å²) in [4.78, 5) is 10.6. The van der Waals surface area contributed by atoms with Gasteiger partial charge in [-0.25, -0.2) is 4.79 Å². The van der Waals surface area contributed by atoms with E-state index in [-0.39, 0.29) is 0 Å². The molecule has 0 aliphatic heterocycles. The van der Waals surface area contributed by atoms with E-state index in [1.165, 1.54) is 50.2 Å². The minimum absolute atomic E-state index is 0.330. The lowest BCUT2D eigenvalue weighted by Crippen LogP contribution is -2.35. The standard InChI is InChI=1S/C11H16O2/c12-10(13)8-9-4-7-11(9)5-2-1-3-6-11/h8H,1-7H2,(H,12,13)/b9-8+. The second-order valence-corrected chi connectivity index (χ2v) is 4.35. The van der Waals surface area contributed by atoms with Crippen LogP contribution in [0.4, 0.5) is 0 Å². The Balaban J connectivity index is 2.10. The van der Waals surface area contributed by atoms with Crippen LogP contribution in [0.15, 0.2) is 11.6 Å². The molecule has 1 spiro atoms. The Bertz CT molecular complexity index is 247. The molecule has 2 rings (SSSR count). The summed E-state index contributed by atoms with van der Waals surface area (Å²) in [7, 11) is 0. The summed E-state index contributed by atoms with van der Waals surface area (Å²) in [5, 5.41) is 8.69. The van der Waals surface area contributed by atoms with Crippen molar-refractivity contribution in [3.63, 3.8) is 0 Å². The Labute approximate surface area is 78.6 Å². The van der Waals surface area contributed by atoms with E-state index in [4.69, 9.17) is 5.11 Å². The average Bonchev–Trinajstić information content (AvgIpc) is 2.14. The fourth-order valence-electron chi connectivity index (χ4n) is 2.80. The lowest BCUT2D eigenvalue weighted by Gasteiger charge is -2.47. The lowest BCUT2D eigenvalue weighted by atomic mass is 9.57. The summed E-state index contributed by atoms with van der Waals surface area (Å²) in [5.41, 5.74) is 1.54. The van der Waals surface area contributed by atoms with Gasteiger partial charge in [0.05, 0.1) is 0 Å². The van der Waals surface area contributed by atoms with E-state index in [1.54, 1.807) is 0 Å². The number of carboxylic acids is 1. The highest BCUT2D eigenvalue weighted by molar-refractivity contribution is 5.81. The fraction of sp³-hybridized carbons (Fsp3) is 0.727. The van der Waals surface area contributed by atoms with Crippen LogP contribution in [0.5, 0.6) is 0 Å². The summed E-state index contributed by atoms with van der Waals surface area (Å²) >= 11 is 0. The summed E-state index contributed by atoms with van der Waals surface area (Å²) < 4.78 is 0. The van der Waals surface area contributed by atoms with Crippen molar-refractivity contribution in [3.8, 4) is 0 Å². The highest BCUT2D eigenvalue weighted by Gasteiger charge is 2.42. The van der Waals surface area contributed by atoms with Gasteiger partial charge in [0.1, 0.15) is 0 Å². The van der Waals surface area contributed by atoms with E-state index in [2.05, 4.69) is 0 Å². The largest absolute Gasteiger partial charge is 0.478 e. The van der Waals surface area contributed by atoms with Crippen LogP contribution < -0.4 is 0 Å². The first-order chi connectivity index (χ1) is 6.23. The highest BCUT2D eigenvalue weighted by Crippen LogP contribution is 2.55. The minimum atomic E-state index is -0.764. The van der Waals surface area contributed by atoms with Gasteiger partial charge in [-0.2, -0.15) is 0 Å². The Kier molecular flexibility index (Phi) is 2.14. The van der Waals surface area contributed by atoms with Gasteiger partial charge in [-0.05, 0) is 31.1 Å². The lowest BCUT2D eigenvalue weighted by molar-refractivity contribution is -0.131. The molecule has 0 heterocycles. The molecule has 0 saturated heterocycles. The third-order valence-corrected chi connectivity index (χ3v) is 3.66. The van der Waals surface area contributed by atoms with Crippen LogP contribution in [0.1, 0.15) is 44.9 Å².